The van der Waals surface area contributed by atoms with Gasteiger partial charge in [-0.05, 0) is 20.4 Å². The Kier molecular flexibility index (Phi) is 8.23. The molecule has 98 valence electrons. The standard InChI is InChI=1S/C12H22N2O3/c1-4-10(13-3)8-12(17)14-11(5-6-15)7-9(2)16/h6,10-11,13H,4-5,7-8H2,1-3H3,(H,14,17). The lowest BCUT2D eigenvalue weighted by atomic mass is 10.1. The maximum absolute atomic E-state index is 11.7. The molecule has 17 heavy (non-hydrogen) atoms. The summed E-state index contributed by atoms with van der Waals surface area (Å²) >= 11 is 0. The summed E-state index contributed by atoms with van der Waals surface area (Å²) in [6, 6.07) is -0.240. The van der Waals surface area contributed by atoms with Crippen LogP contribution in [0.2, 0.25) is 0 Å². The van der Waals surface area contributed by atoms with Crippen molar-refractivity contribution in [1.29, 1.82) is 0 Å². The van der Waals surface area contributed by atoms with Gasteiger partial charge in [0.25, 0.3) is 0 Å². The van der Waals surface area contributed by atoms with Gasteiger partial charge in [0, 0.05) is 31.3 Å². The number of amides is 1. The van der Waals surface area contributed by atoms with Gasteiger partial charge in [-0.25, -0.2) is 0 Å². The van der Waals surface area contributed by atoms with Crippen LogP contribution in [-0.4, -0.2) is 37.1 Å². The fraction of sp³-hybridized carbons (Fsp3) is 0.750. The molecule has 0 bridgehead atoms. The van der Waals surface area contributed by atoms with Crippen molar-refractivity contribution in [3.63, 3.8) is 0 Å². The molecule has 0 radical (unpaired) electrons. The van der Waals surface area contributed by atoms with E-state index in [1.807, 2.05) is 6.92 Å². The lowest BCUT2D eigenvalue weighted by Gasteiger charge is -2.18. The van der Waals surface area contributed by atoms with Crippen LogP contribution in [0.1, 0.15) is 39.5 Å². The number of nitrogens with one attached hydrogen (secondary N) is 2. The molecule has 0 aromatic heterocycles. The second kappa shape index (κ2) is 8.87. The van der Waals surface area contributed by atoms with E-state index in [9.17, 15) is 14.4 Å². The molecule has 0 saturated carbocycles. The van der Waals surface area contributed by atoms with Crippen molar-refractivity contribution < 1.29 is 14.4 Å². The summed E-state index contributed by atoms with van der Waals surface area (Å²) in [6.45, 7) is 3.44. The maximum atomic E-state index is 11.7. The summed E-state index contributed by atoms with van der Waals surface area (Å²) in [5.41, 5.74) is 0. The normalized spacial score (nSPS) is 13.8. The van der Waals surface area contributed by atoms with Crippen LogP contribution in [0.3, 0.4) is 0 Å². The van der Waals surface area contributed by atoms with Gasteiger partial charge in [0.05, 0.1) is 0 Å². The SMILES string of the molecule is CCC(CC(=O)NC(CC=O)CC(C)=O)NC. The lowest BCUT2D eigenvalue weighted by molar-refractivity contribution is -0.123. The van der Waals surface area contributed by atoms with Gasteiger partial charge in [-0.1, -0.05) is 6.92 Å². The second-order valence-corrected chi connectivity index (χ2v) is 4.17. The molecule has 0 aromatic rings. The van der Waals surface area contributed by atoms with E-state index in [1.54, 1.807) is 7.05 Å². The fourth-order valence-electron chi connectivity index (χ4n) is 1.62. The Bertz CT molecular complexity index is 262. The molecule has 0 aliphatic heterocycles. The van der Waals surface area contributed by atoms with Crippen LogP contribution >= 0.6 is 0 Å². The number of Topliss-reactive ketones (excluding diaryl/α,β-unsaturated/α-hetero) is 1. The molecule has 2 unspecified atom stereocenters. The molecule has 5 nitrogen and oxygen atoms in total. The summed E-state index contributed by atoms with van der Waals surface area (Å²) in [7, 11) is 1.81. The van der Waals surface area contributed by atoms with Crippen LogP contribution in [0, 0.1) is 0 Å². The third-order valence-electron chi connectivity index (χ3n) is 2.61. The highest BCUT2D eigenvalue weighted by Gasteiger charge is 2.16. The number of aldehydes is 1. The van der Waals surface area contributed by atoms with Gasteiger partial charge in [0.15, 0.2) is 0 Å². The summed E-state index contributed by atoms with van der Waals surface area (Å²) in [6.07, 6.45) is 2.33. The van der Waals surface area contributed by atoms with Crippen LogP contribution in [-0.2, 0) is 14.4 Å². The molecule has 2 atom stereocenters. The van der Waals surface area contributed by atoms with E-state index in [0.717, 1.165) is 12.7 Å². The van der Waals surface area contributed by atoms with Crippen LogP contribution in [0.25, 0.3) is 0 Å². The minimum atomic E-state index is -0.369. The minimum Gasteiger partial charge on any atom is -0.352 e. The summed E-state index contributed by atoms with van der Waals surface area (Å²) in [5.74, 6) is -0.155. The number of hydrogen-bond acceptors (Lipinski definition) is 4. The Morgan fingerprint density at radius 2 is 1.88 bits per heavy atom. The van der Waals surface area contributed by atoms with Crippen LogP contribution in [0.4, 0.5) is 0 Å². The van der Waals surface area contributed by atoms with E-state index in [0.29, 0.717) is 6.42 Å². The zero-order valence-corrected chi connectivity index (χ0v) is 10.8. The van der Waals surface area contributed by atoms with Gasteiger partial charge in [-0.3, -0.25) is 9.59 Å². The van der Waals surface area contributed by atoms with Gasteiger partial charge in [-0.2, -0.15) is 0 Å². The number of hydrogen-bond donors (Lipinski definition) is 2. The number of carbonyl (C=O) groups excluding carboxylic acids is 3. The van der Waals surface area contributed by atoms with E-state index < -0.39 is 0 Å². The van der Waals surface area contributed by atoms with Crippen molar-refractivity contribution in [2.75, 3.05) is 7.05 Å². The van der Waals surface area contributed by atoms with Gasteiger partial charge in [0.1, 0.15) is 12.1 Å². The monoisotopic (exact) mass is 242 g/mol. The molecule has 0 heterocycles. The van der Waals surface area contributed by atoms with E-state index >= 15 is 0 Å². The Labute approximate surface area is 102 Å². The first-order chi connectivity index (χ1) is 8.03. The molecule has 0 aromatic carbocycles. The average molecular weight is 242 g/mol. The molecule has 0 fully saturated rings. The Hall–Kier alpha value is -1.23. The molecule has 0 saturated heterocycles. The zero-order valence-electron chi connectivity index (χ0n) is 10.8. The quantitative estimate of drug-likeness (QED) is 0.575. The largest absolute Gasteiger partial charge is 0.352 e. The lowest BCUT2D eigenvalue weighted by Crippen LogP contribution is -2.40. The number of ketones is 1. The van der Waals surface area contributed by atoms with Crippen molar-refractivity contribution in [3.8, 4) is 0 Å². The molecule has 2 N–H and O–H groups in total. The third-order valence-corrected chi connectivity index (χ3v) is 2.61. The molecule has 0 aliphatic carbocycles. The van der Waals surface area contributed by atoms with Crippen LogP contribution in [0.15, 0.2) is 0 Å². The minimum absolute atomic E-state index is 0.0298. The average Bonchev–Trinajstić information content (AvgIpc) is 2.25. The molecule has 1 amide bonds. The highest BCUT2D eigenvalue weighted by molar-refractivity contribution is 5.80. The first kappa shape index (κ1) is 15.8. The van der Waals surface area contributed by atoms with Crippen molar-refractivity contribution >= 4 is 18.0 Å². The zero-order chi connectivity index (χ0) is 13.3. The van der Waals surface area contributed by atoms with E-state index in [1.165, 1.54) is 6.92 Å². The van der Waals surface area contributed by atoms with Crippen molar-refractivity contribution in [2.24, 2.45) is 0 Å². The first-order valence-corrected chi connectivity index (χ1v) is 5.93. The van der Waals surface area contributed by atoms with Crippen LogP contribution in [0.5, 0.6) is 0 Å². The molecular formula is C12H22N2O3. The molecule has 0 aliphatic rings. The fourth-order valence-corrected chi connectivity index (χ4v) is 1.62. The Morgan fingerprint density at radius 3 is 2.29 bits per heavy atom. The van der Waals surface area contributed by atoms with Crippen molar-refractivity contribution in [1.82, 2.24) is 10.6 Å². The van der Waals surface area contributed by atoms with E-state index in [4.69, 9.17) is 0 Å². The smallest absolute Gasteiger partial charge is 0.221 e. The highest BCUT2D eigenvalue weighted by atomic mass is 16.2. The highest BCUT2D eigenvalue weighted by Crippen LogP contribution is 2.01. The van der Waals surface area contributed by atoms with Crippen molar-refractivity contribution in [2.45, 2.75) is 51.6 Å². The number of carbonyl (C=O) groups is 3. The molecular weight excluding hydrogens is 220 g/mol. The number of rotatable bonds is 9. The summed E-state index contributed by atoms with van der Waals surface area (Å²) < 4.78 is 0. The summed E-state index contributed by atoms with van der Waals surface area (Å²) in [5, 5.41) is 5.75. The van der Waals surface area contributed by atoms with Gasteiger partial charge < -0.3 is 15.4 Å². The maximum Gasteiger partial charge on any atom is 0.221 e. The third kappa shape index (κ3) is 7.63. The topological polar surface area (TPSA) is 75.3 Å². The first-order valence-electron chi connectivity index (χ1n) is 5.93. The van der Waals surface area contributed by atoms with Gasteiger partial charge in [0.2, 0.25) is 5.91 Å². The predicted octanol–water partition coefficient (Wildman–Crippen LogP) is 0.427. The van der Waals surface area contributed by atoms with Crippen molar-refractivity contribution in [3.05, 3.63) is 0 Å². The van der Waals surface area contributed by atoms with E-state index in [2.05, 4.69) is 10.6 Å². The molecule has 0 rings (SSSR count). The van der Waals surface area contributed by atoms with Crippen LogP contribution < -0.4 is 10.6 Å². The van der Waals surface area contributed by atoms with E-state index in [-0.39, 0.29) is 36.6 Å². The van der Waals surface area contributed by atoms with Gasteiger partial charge in [-0.15, -0.1) is 0 Å². The molecule has 5 heteroatoms. The molecule has 0 spiro atoms. The second-order valence-electron chi connectivity index (χ2n) is 4.17. The predicted molar refractivity (Wildman–Crippen MR) is 65.7 cm³/mol. The van der Waals surface area contributed by atoms with Gasteiger partial charge >= 0.3 is 0 Å². The Balaban J connectivity index is 4.19. The summed E-state index contributed by atoms with van der Waals surface area (Å²) in [4.78, 5) is 33.1. The Morgan fingerprint density at radius 1 is 1.24 bits per heavy atom.